The summed E-state index contributed by atoms with van der Waals surface area (Å²) in [6.45, 7) is 5.25. The van der Waals surface area contributed by atoms with Crippen molar-refractivity contribution < 1.29 is 13.2 Å². The van der Waals surface area contributed by atoms with Gasteiger partial charge in [-0.15, -0.1) is 0 Å². The summed E-state index contributed by atoms with van der Waals surface area (Å²) in [4.78, 5) is 7.85. The Balaban J connectivity index is 1.87. The lowest BCUT2D eigenvalue weighted by atomic mass is 10.0. The Labute approximate surface area is 144 Å². The van der Waals surface area contributed by atoms with Crippen molar-refractivity contribution in [2.75, 3.05) is 17.2 Å². The van der Waals surface area contributed by atoms with E-state index in [-0.39, 0.29) is 17.8 Å². The standard InChI is InChI=1S/C17H20F3N5/c1-10(2)23-15-14(17(18,19)20)9-22-16(25-15)24-13-4-3-12-8-21-6-5-11(12)7-13/h3-4,7,9-10,21H,5-6,8H2,1-2H3,(H2,22,23,24,25). The predicted octanol–water partition coefficient (Wildman–Crippen LogP) is 3.71. The largest absolute Gasteiger partial charge is 0.421 e. The molecule has 1 aliphatic heterocycles. The molecule has 3 rings (SSSR count). The lowest BCUT2D eigenvalue weighted by Gasteiger charge is -2.19. The molecule has 8 heteroatoms. The third kappa shape index (κ3) is 4.19. The fraction of sp³-hybridized carbons (Fsp3) is 0.412. The average molecular weight is 351 g/mol. The van der Waals surface area contributed by atoms with E-state index in [1.165, 1.54) is 11.1 Å². The minimum atomic E-state index is -4.51. The highest BCUT2D eigenvalue weighted by atomic mass is 19.4. The van der Waals surface area contributed by atoms with E-state index >= 15 is 0 Å². The molecule has 0 aliphatic carbocycles. The second-order valence-electron chi connectivity index (χ2n) is 6.29. The van der Waals surface area contributed by atoms with Gasteiger partial charge in [-0.25, -0.2) is 4.98 Å². The fourth-order valence-corrected chi connectivity index (χ4v) is 2.72. The molecular weight excluding hydrogens is 331 g/mol. The van der Waals surface area contributed by atoms with Crippen LogP contribution in [-0.2, 0) is 19.1 Å². The van der Waals surface area contributed by atoms with Crippen LogP contribution in [0, 0.1) is 0 Å². The third-order valence-electron chi connectivity index (χ3n) is 3.87. The summed E-state index contributed by atoms with van der Waals surface area (Å²) in [5.41, 5.74) is 2.34. The summed E-state index contributed by atoms with van der Waals surface area (Å²) in [5.74, 6) is -0.0906. The summed E-state index contributed by atoms with van der Waals surface area (Å²) in [6, 6.07) is 5.69. The Kier molecular flexibility index (Phi) is 4.80. The van der Waals surface area contributed by atoms with Gasteiger partial charge in [-0.1, -0.05) is 6.07 Å². The molecule has 0 spiro atoms. The Morgan fingerprint density at radius 2 is 2.00 bits per heavy atom. The molecule has 0 atom stereocenters. The minimum absolute atomic E-state index is 0.130. The van der Waals surface area contributed by atoms with Crippen LogP contribution < -0.4 is 16.0 Å². The van der Waals surface area contributed by atoms with Gasteiger partial charge >= 0.3 is 6.18 Å². The maximum atomic E-state index is 13.1. The normalized spacial score (nSPS) is 14.3. The number of nitrogens with one attached hydrogen (secondary N) is 3. The molecule has 134 valence electrons. The van der Waals surface area contributed by atoms with Gasteiger partial charge in [0, 0.05) is 24.5 Å². The number of nitrogens with zero attached hydrogens (tertiary/aromatic N) is 2. The quantitative estimate of drug-likeness (QED) is 0.784. The zero-order chi connectivity index (χ0) is 18.0. The highest BCUT2D eigenvalue weighted by Gasteiger charge is 2.35. The smallest absolute Gasteiger partial charge is 0.367 e. The summed E-state index contributed by atoms with van der Waals surface area (Å²) < 4.78 is 39.3. The number of aromatic nitrogens is 2. The predicted molar refractivity (Wildman–Crippen MR) is 90.9 cm³/mol. The van der Waals surface area contributed by atoms with Gasteiger partial charge in [0.25, 0.3) is 0 Å². The van der Waals surface area contributed by atoms with Gasteiger partial charge in [-0.05, 0) is 50.1 Å². The van der Waals surface area contributed by atoms with E-state index < -0.39 is 11.7 Å². The van der Waals surface area contributed by atoms with E-state index in [0.717, 1.165) is 31.4 Å². The maximum absolute atomic E-state index is 13.1. The molecule has 1 aliphatic rings. The highest BCUT2D eigenvalue weighted by Crippen LogP contribution is 2.34. The molecule has 2 aromatic rings. The van der Waals surface area contributed by atoms with Gasteiger partial charge in [0.1, 0.15) is 11.4 Å². The average Bonchev–Trinajstić information content (AvgIpc) is 2.53. The molecule has 3 N–H and O–H groups in total. The van der Waals surface area contributed by atoms with Crippen molar-refractivity contribution in [3.63, 3.8) is 0 Å². The first kappa shape index (κ1) is 17.5. The van der Waals surface area contributed by atoms with Crippen LogP contribution in [0.4, 0.5) is 30.6 Å². The number of benzene rings is 1. The van der Waals surface area contributed by atoms with Crippen molar-refractivity contribution in [3.05, 3.63) is 41.1 Å². The van der Waals surface area contributed by atoms with E-state index in [0.29, 0.717) is 0 Å². The van der Waals surface area contributed by atoms with E-state index in [1.54, 1.807) is 13.8 Å². The van der Waals surface area contributed by atoms with E-state index in [2.05, 4.69) is 25.9 Å². The summed E-state index contributed by atoms with van der Waals surface area (Å²) in [7, 11) is 0. The van der Waals surface area contributed by atoms with Crippen LogP contribution in [0.15, 0.2) is 24.4 Å². The first-order valence-corrected chi connectivity index (χ1v) is 8.13. The second kappa shape index (κ2) is 6.87. The van der Waals surface area contributed by atoms with Gasteiger partial charge in [0.05, 0.1) is 0 Å². The zero-order valence-corrected chi connectivity index (χ0v) is 14.0. The number of hydrogen-bond donors (Lipinski definition) is 3. The molecule has 0 fully saturated rings. The van der Waals surface area contributed by atoms with Crippen molar-refractivity contribution in [1.82, 2.24) is 15.3 Å². The highest BCUT2D eigenvalue weighted by molar-refractivity contribution is 5.58. The number of hydrogen-bond acceptors (Lipinski definition) is 5. The first-order valence-electron chi connectivity index (χ1n) is 8.13. The fourth-order valence-electron chi connectivity index (χ4n) is 2.72. The number of anilines is 3. The molecule has 2 heterocycles. The Morgan fingerprint density at radius 1 is 1.20 bits per heavy atom. The van der Waals surface area contributed by atoms with Crippen LogP contribution in [-0.4, -0.2) is 22.6 Å². The van der Waals surface area contributed by atoms with E-state index in [4.69, 9.17) is 0 Å². The molecule has 1 aromatic carbocycles. The van der Waals surface area contributed by atoms with Crippen LogP contribution in [0.1, 0.15) is 30.5 Å². The van der Waals surface area contributed by atoms with Gasteiger partial charge in [-0.3, -0.25) is 0 Å². The molecule has 1 aromatic heterocycles. The van der Waals surface area contributed by atoms with Gasteiger partial charge < -0.3 is 16.0 Å². The van der Waals surface area contributed by atoms with E-state index in [1.807, 2.05) is 18.2 Å². The Hall–Kier alpha value is -2.35. The molecule has 0 saturated carbocycles. The first-order chi connectivity index (χ1) is 11.8. The van der Waals surface area contributed by atoms with Crippen molar-refractivity contribution in [2.24, 2.45) is 0 Å². The Bertz CT molecular complexity index is 758. The van der Waals surface area contributed by atoms with Crippen molar-refractivity contribution >= 4 is 17.5 Å². The maximum Gasteiger partial charge on any atom is 0.421 e. The minimum Gasteiger partial charge on any atom is -0.367 e. The summed E-state index contributed by atoms with van der Waals surface area (Å²) in [6.07, 6.45) is -2.78. The molecule has 0 radical (unpaired) electrons. The molecular formula is C17H20F3N5. The molecule has 0 bridgehead atoms. The van der Waals surface area contributed by atoms with Crippen LogP contribution in [0.3, 0.4) is 0 Å². The van der Waals surface area contributed by atoms with Crippen LogP contribution in [0.5, 0.6) is 0 Å². The van der Waals surface area contributed by atoms with Crippen molar-refractivity contribution in [1.29, 1.82) is 0 Å². The van der Waals surface area contributed by atoms with E-state index in [9.17, 15) is 13.2 Å². The van der Waals surface area contributed by atoms with Gasteiger partial charge in [0.2, 0.25) is 5.95 Å². The van der Waals surface area contributed by atoms with Crippen molar-refractivity contribution in [2.45, 2.75) is 39.0 Å². The zero-order valence-electron chi connectivity index (χ0n) is 14.0. The summed E-state index contributed by atoms with van der Waals surface area (Å²) in [5, 5.41) is 9.03. The SMILES string of the molecule is CC(C)Nc1nc(Nc2ccc3c(c2)CCNC3)ncc1C(F)(F)F. The topological polar surface area (TPSA) is 61.9 Å². The number of fused-ring (bicyclic) bond motifs is 1. The molecule has 0 amide bonds. The molecule has 0 unspecified atom stereocenters. The van der Waals surface area contributed by atoms with Crippen molar-refractivity contribution in [3.8, 4) is 0 Å². The summed E-state index contributed by atoms with van der Waals surface area (Å²) >= 11 is 0. The monoisotopic (exact) mass is 351 g/mol. The van der Waals surface area contributed by atoms with Crippen LogP contribution in [0.25, 0.3) is 0 Å². The van der Waals surface area contributed by atoms with Crippen LogP contribution in [0.2, 0.25) is 0 Å². The molecule has 25 heavy (non-hydrogen) atoms. The van der Waals surface area contributed by atoms with Gasteiger partial charge in [0.15, 0.2) is 0 Å². The molecule has 5 nitrogen and oxygen atoms in total. The Morgan fingerprint density at radius 3 is 2.72 bits per heavy atom. The second-order valence-corrected chi connectivity index (χ2v) is 6.29. The number of halogens is 3. The number of alkyl halides is 3. The lowest BCUT2D eigenvalue weighted by molar-refractivity contribution is -0.137. The lowest BCUT2D eigenvalue weighted by Crippen LogP contribution is -2.23. The number of rotatable bonds is 4. The van der Waals surface area contributed by atoms with Crippen LogP contribution >= 0.6 is 0 Å². The van der Waals surface area contributed by atoms with Gasteiger partial charge in [-0.2, -0.15) is 18.2 Å². The third-order valence-corrected chi connectivity index (χ3v) is 3.87. The molecule has 0 saturated heterocycles.